The first kappa shape index (κ1) is 18.4. The maximum atomic E-state index is 13.6. The van der Waals surface area contributed by atoms with Crippen molar-refractivity contribution in [2.45, 2.75) is 13.0 Å². The lowest BCUT2D eigenvalue weighted by Crippen LogP contribution is -2.38. The lowest BCUT2D eigenvalue weighted by atomic mass is 9.83. The Morgan fingerprint density at radius 1 is 0.656 bits per heavy atom. The van der Waals surface area contributed by atoms with Crippen molar-refractivity contribution in [2.75, 3.05) is 0 Å². The number of Topliss-reactive ketones (excluding diaryl/α,β-unsaturated/α-hetero) is 2. The van der Waals surface area contributed by atoms with Gasteiger partial charge < -0.3 is 0 Å². The zero-order chi connectivity index (χ0) is 22.1. The Balaban J connectivity index is 1.79. The standard InChI is InChI=1S/C26H16N2O4/c1-14-10-12-15(13-11-14)21-20-22(24(30)17-7-3-2-6-16(17)23(20)29)28-26(32)19-9-5-4-8-18(19)25(31)27(21)28/h2-13,21H,1H3. The molecule has 1 atom stereocenters. The fraction of sp³-hybridized carbons (Fsp3) is 0.0769. The number of aromatic nitrogens is 2. The number of carbonyl (C=O) groups excluding carboxylic acids is 2. The van der Waals surface area contributed by atoms with Crippen molar-refractivity contribution in [2.24, 2.45) is 0 Å². The molecule has 0 saturated carbocycles. The van der Waals surface area contributed by atoms with Gasteiger partial charge in [0.25, 0.3) is 11.1 Å². The van der Waals surface area contributed by atoms with Gasteiger partial charge in [0.05, 0.1) is 16.3 Å². The number of hydrogen-bond donors (Lipinski definition) is 0. The van der Waals surface area contributed by atoms with E-state index >= 15 is 0 Å². The number of allylic oxidation sites excluding steroid dienone is 2. The van der Waals surface area contributed by atoms with E-state index in [1.807, 2.05) is 31.2 Å². The third-order valence-corrected chi connectivity index (χ3v) is 6.26. The van der Waals surface area contributed by atoms with Crippen LogP contribution in [-0.2, 0) is 0 Å². The maximum absolute atomic E-state index is 13.6. The second kappa shape index (κ2) is 6.34. The van der Waals surface area contributed by atoms with Crippen LogP contribution in [0.4, 0.5) is 0 Å². The average Bonchev–Trinajstić information content (AvgIpc) is 3.18. The van der Waals surface area contributed by atoms with Crippen LogP contribution in [0.3, 0.4) is 0 Å². The Morgan fingerprint density at radius 2 is 1.22 bits per heavy atom. The molecule has 0 radical (unpaired) electrons. The lowest BCUT2D eigenvalue weighted by Gasteiger charge is -2.19. The first-order valence-corrected chi connectivity index (χ1v) is 10.2. The van der Waals surface area contributed by atoms with Crippen LogP contribution in [0.1, 0.15) is 37.9 Å². The maximum Gasteiger partial charge on any atom is 0.278 e. The van der Waals surface area contributed by atoms with Crippen molar-refractivity contribution in [1.29, 1.82) is 0 Å². The molecule has 0 N–H and O–H groups in total. The van der Waals surface area contributed by atoms with Crippen molar-refractivity contribution in [1.82, 2.24) is 9.36 Å². The molecule has 2 heterocycles. The van der Waals surface area contributed by atoms with Crippen LogP contribution in [-0.4, -0.2) is 20.9 Å². The molecule has 0 fully saturated rings. The van der Waals surface area contributed by atoms with Gasteiger partial charge in [0.1, 0.15) is 11.7 Å². The van der Waals surface area contributed by atoms with E-state index in [2.05, 4.69) is 0 Å². The van der Waals surface area contributed by atoms with Crippen LogP contribution >= 0.6 is 0 Å². The molecule has 0 spiro atoms. The van der Waals surface area contributed by atoms with Crippen LogP contribution in [0.5, 0.6) is 0 Å². The molecule has 1 aliphatic carbocycles. The van der Waals surface area contributed by atoms with Gasteiger partial charge in [0, 0.05) is 11.1 Å². The minimum Gasteiger partial charge on any atom is -0.289 e. The van der Waals surface area contributed by atoms with Gasteiger partial charge in [-0.2, -0.15) is 0 Å². The summed E-state index contributed by atoms with van der Waals surface area (Å²) in [6, 6.07) is 19.6. The predicted octanol–water partition coefficient (Wildman–Crippen LogP) is 3.36. The largest absolute Gasteiger partial charge is 0.289 e. The van der Waals surface area contributed by atoms with Gasteiger partial charge in [-0.05, 0) is 24.6 Å². The number of benzene rings is 3. The Bertz CT molecular complexity index is 1650. The fourth-order valence-electron chi connectivity index (χ4n) is 4.75. The summed E-state index contributed by atoms with van der Waals surface area (Å²) in [5.74, 6) is -0.782. The van der Waals surface area contributed by atoms with E-state index in [1.165, 1.54) is 4.68 Å². The first-order valence-electron chi connectivity index (χ1n) is 10.2. The average molecular weight is 420 g/mol. The summed E-state index contributed by atoms with van der Waals surface area (Å²) in [7, 11) is 0. The Labute approximate surface area is 181 Å². The molecule has 0 bridgehead atoms. The van der Waals surface area contributed by atoms with Crippen molar-refractivity contribution in [3.63, 3.8) is 0 Å². The summed E-state index contributed by atoms with van der Waals surface area (Å²) in [4.78, 5) is 54.3. The molecule has 6 nitrogen and oxygen atoms in total. The van der Waals surface area contributed by atoms with Gasteiger partial charge in [0.15, 0.2) is 5.78 Å². The molecule has 6 rings (SSSR count). The smallest absolute Gasteiger partial charge is 0.278 e. The molecule has 1 aliphatic heterocycles. The second-order valence-electron chi connectivity index (χ2n) is 8.09. The highest BCUT2D eigenvalue weighted by Crippen LogP contribution is 2.41. The van der Waals surface area contributed by atoms with Gasteiger partial charge >= 0.3 is 0 Å². The number of rotatable bonds is 1. The van der Waals surface area contributed by atoms with E-state index < -0.39 is 22.9 Å². The van der Waals surface area contributed by atoms with Gasteiger partial charge in [0.2, 0.25) is 5.78 Å². The summed E-state index contributed by atoms with van der Waals surface area (Å²) in [6.07, 6.45) is 0. The number of aryl methyl sites for hydroxylation is 1. The summed E-state index contributed by atoms with van der Waals surface area (Å²) < 4.78 is 2.38. The van der Waals surface area contributed by atoms with Crippen LogP contribution in [0.2, 0.25) is 0 Å². The number of hydrogen-bond acceptors (Lipinski definition) is 4. The SMILES string of the molecule is Cc1ccc(C2C3=C(C(=O)c4ccccc4C3=O)n3c(=O)c4ccccc4c(=O)n32)cc1. The van der Waals surface area contributed by atoms with E-state index in [1.54, 1.807) is 48.5 Å². The fourth-order valence-corrected chi connectivity index (χ4v) is 4.75. The zero-order valence-corrected chi connectivity index (χ0v) is 17.0. The lowest BCUT2D eigenvalue weighted by molar-refractivity contribution is 0.0987. The van der Waals surface area contributed by atoms with Crippen LogP contribution in [0, 0.1) is 6.92 Å². The molecule has 0 saturated heterocycles. The summed E-state index contributed by atoms with van der Waals surface area (Å²) >= 11 is 0. The molecule has 6 heteroatoms. The Kier molecular flexibility index (Phi) is 3.66. The van der Waals surface area contributed by atoms with E-state index in [0.717, 1.165) is 10.2 Å². The van der Waals surface area contributed by atoms with E-state index in [-0.39, 0.29) is 39.0 Å². The molecule has 32 heavy (non-hydrogen) atoms. The first-order chi connectivity index (χ1) is 15.5. The highest BCUT2D eigenvalue weighted by Gasteiger charge is 2.45. The normalized spacial score (nSPS) is 16.8. The van der Waals surface area contributed by atoms with E-state index in [0.29, 0.717) is 5.56 Å². The number of carbonyl (C=O) groups is 2. The minimum absolute atomic E-state index is 0.0351. The van der Waals surface area contributed by atoms with E-state index in [9.17, 15) is 19.2 Å². The molecule has 1 aromatic heterocycles. The number of fused-ring (bicyclic) bond motifs is 4. The predicted molar refractivity (Wildman–Crippen MR) is 120 cm³/mol. The van der Waals surface area contributed by atoms with Crippen molar-refractivity contribution in [3.05, 3.63) is 121 Å². The topological polar surface area (TPSA) is 78.1 Å². The van der Waals surface area contributed by atoms with Crippen molar-refractivity contribution in [3.8, 4) is 0 Å². The molecular weight excluding hydrogens is 404 g/mol. The van der Waals surface area contributed by atoms with E-state index in [4.69, 9.17) is 0 Å². The molecule has 154 valence electrons. The molecule has 3 aromatic carbocycles. The minimum atomic E-state index is -0.875. The molecule has 0 amide bonds. The molecular formula is C26H16N2O4. The summed E-state index contributed by atoms with van der Waals surface area (Å²) in [6.45, 7) is 1.94. The number of ketones is 2. The Morgan fingerprint density at radius 3 is 1.88 bits per heavy atom. The second-order valence-corrected chi connectivity index (χ2v) is 8.09. The molecule has 4 aromatic rings. The third kappa shape index (κ3) is 2.23. The highest BCUT2D eigenvalue weighted by atomic mass is 16.2. The summed E-state index contributed by atoms with van der Waals surface area (Å²) in [5.41, 5.74) is 1.39. The Hall–Kier alpha value is -4.32. The van der Waals surface area contributed by atoms with Crippen molar-refractivity contribution < 1.29 is 9.59 Å². The zero-order valence-electron chi connectivity index (χ0n) is 17.0. The highest BCUT2D eigenvalue weighted by molar-refractivity contribution is 6.38. The molecule has 1 unspecified atom stereocenters. The van der Waals surface area contributed by atoms with Gasteiger partial charge in [-0.1, -0.05) is 66.2 Å². The van der Waals surface area contributed by atoms with Gasteiger partial charge in [-0.25, -0.2) is 9.36 Å². The van der Waals surface area contributed by atoms with Crippen LogP contribution < -0.4 is 11.1 Å². The van der Waals surface area contributed by atoms with Crippen molar-refractivity contribution >= 4 is 28.0 Å². The molecule has 2 aliphatic rings. The number of nitrogens with zero attached hydrogens (tertiary/aromatic N) is 2. The van der Waals surface area contributed by atoms with Gasteiger partial charge in [-0.15, -0.1) is 0 Å². The monoisotopic (exact) mass is 420 g/mol. The quantitative estimate of drug-likeness (QED) is 0.473. The summed E-state index contributed by atoms with van der Waals surface area (Å²) in [5, 5.41) is 0.465. The third-order valence-electron chi connectivity index (χ3n) is 6.26. The van der Waals surface area contributed by atoms with Crippen LogP contribution in [0.25, 0.3) is 16.5 Å². The van der Waals surface area contributed by atoms with Crippen LogP contribution in [0.15, 0.2) is 88.0 Å². The van der Waals surface area contributed by atoms with Gasteiger partial charge in [-0.3, -0.25) is 19.2 Å².